The molecule has 0 rings (SSSR count). The first-order valence-electron chi connectivity index (χ1n) is 2.97. The molecule has 1 N–H and O–H groups in total. The van der Waals surface area contributed by atoms with Crippen molar-refractivity contribution >= 4 is 0 Å². The van der Waals surface area contributed by atoms with Gasteiger partial charge in [-0.25, -0.2) is 0 Å². The minimum Gasteiger partial charge on any atom is -0.349 e. The number of halogens is 6. The number of hydrogen-bond donors (Lipinski definition) is 1. The van der Waals surface area contributed by atoms with Crippen LogP contribution in [0.2, 0.25) is 0 Å². The number of rotatable bonds is 1. The number of methoxy groups -OCH3 is 1. The second-order valence-corrected chi connectivity index (χ2v) is 2.09. The number of hydrogen-bond acceptors (Lipinski definition) is 2. The summed E-state index contributed by atoms with van der Waals surface area (Å²) in [6.45, 7) is 0. The zero-order valence-corrected chi connectivity index (χ0v) is 6.62. The monoisotopic (exact) mass is 222 g/mol. The fourth-order valence-electron chi connectivity index (χ4n) is 0.393. The maximum absolute atomic E-state index is 11.8. The molecule has 0 aliphatic rings. The lowest BCUT2D eigenvalue weighted by Crippen LogP contribution is -2.45. The average Bonchev–Trinajstić information content (AvgIpc) is 1.96. The van der Waals surface area contributed by atoms with Crippen molar-refractivity contribution < 1.29 is 36.2 Å². The van der Waals surface area contributed by atoms with Crippen molar-refractivity contribution in [3.05, 3.63) is 0 Å². The summed E-state index contributed by atoms with van der Waals surface area (Å²) in [7, 11) is 0.387. The largest absolute Gasteiger partial charge is 0.457 e. The van der Waals surface area contributed by atoms with Crippen LogP contribution in [0.3, 0.4) is 0 Å². The highest BCUT2D eigenvalue weighted by molar-refractivity contribution is 5.15. The third-order valence-corrected chi connectivity index (χ3v) is 1.05. The van der Waals surface area contributed by atoms with Gasteiger partial charge in [0, 0.05) is 13.0 Å². The van der Waals surface area contributed by atoms with Gasteiger partial charge in [0.2, 0.25) is 0 Å². The molecule has 1 atom stereocenters. The van der Waals surface area contributed by atoms with Crippen molar-refractivity contribution in [2.24, 2.45) is 0 Å². The summed E-state index contributed by atoms with van der Waals surface area (Å²) < 4.78 is 73.2. The van der Waals surface area contributed by atoms with Crippen molar-refractivity contribution in [1.29, 1.82) is 0 Å². The standard InChI is InChI=1S/C6H4F6O2/c1-14-4(13,6(10,11)12)2-3-5(7,8)9/h13H,1H3. The van der Waals surface area contributed by atoms with Gasteiger partial charge in [0.25, 0.3) is 0 Å². The number of alkyl halides is 6. The molecule has 0 aliphatic heterocycles. The molecule has 0 radical (unpaired) electrons. The second-order valence-electron chi connectivity index (χ2n) is 2.09. The van der Waals surface area contributed by atoms with E-state index in [2.05, 4.69) is 4.74 Å². The van der Waals surface area contributed by atoms with Crippen LogP contribution in [0.5, 0.6) is 0 Å². The zero-order chi connectivity index (χ0) is 11.6. The van der Waals surface area contributed by atoms with E-state index in [1.165, 1.54) is 0 Å². The Morgan fingerprint density at radius 1 is 1.00 bits per heavy atom. The minimum absolute atomic E-state index is 0.275. The van der Waals surface area contributed by atoms with Crippen LogP contribution < -0.4 is 0 Å². The van der Waals surface area contributed by atoms with Gasteiger partial charge in [-0.05, 0) is 5.92 Å². The van der Waals surface area contributed by atoms with E-state index in [1.54, 1.807) is 0 Å². The molecule has 0 saturated carbocycles. The highest BCUT2D eigenvalue weighted by Gasteiger charge is 2.54. The highest BCUT2D eigenvalue weighted by atomic mass is 19.4. The predicted molar refractivity (Wildman–Crippen MR) is 31.8 cm³/mol. The van der Waals surface area contributed by atoms with Crippen LogP contribution in [0.1, 0.15) is 0 Å². The summed E-state index contributed by atoms with van der Waals surface area (Å²) in [5.74, 6) is -3.26. The molecular weight excluding hydrogens is 218 g/mol. The highest BCUT2D eigenvalue weighted by Crippen LogP contribution is 2.30. The van der Waals surface area contributed by atoms with Gasteiger partial charge in [-0.15, -0.1) is 0 Å². The molecule has 0 amide bonds. The normalized spacial score (nSPS) is 16.9. The fraction of sp³-hybridized carbons (Fsp3) is 0.667. The van der Waals surface area contributed by atoms with Crippen LogP contribution in [-0.4, -0.2) is 30.4 Å². The number of aliphatic hydroxyl groups is 1. The Labute approximate surface area is 74.5 Å². The van der Waals surface area contributed by atoms with Crippen molar-refractivity contribution in [3.63, 3.8) is 0 Å². The van der Waals surface area contributed by atoms with Crippen LogP contribution in [-0.2, 0) is 4.74 Å². The van der Waals surface area contributed by atoms with Crippen LogP contribution in [0.4, 0.5) is 26.3 Å². The molecule has 8 heteroatoms. The third kappa shape index (κ3) is 3.43. The SMILES string of the molecule is COC(O)(C#CC(F)(F)F)C(F)(F)F. The van der Waals surface area contributed by atoms with E-state index in [9.17, 15) is 26.3 Å². The van der Waals surface area contributed by atoms with Gasteiger partial charge in [-0.1, -0.05) is 0 Å². The Morgan fingerprint density at radius 2 is 1.43 bits per heavy atom. The lowest BCUT2D eigenvalue weighted by Gasteiger charge is -2.22. The molecule has 82 valence electrons. The van der Waals surface area contributed by atoms with E-state index >= 15 is 0 Å². The van der Waals surface area contributed by atoms with Gasteiger partial charge in [-0.3, -0.25) is 0 Å². The number of ether oxygens (including phenoxy) is 1. The maximum Gasteiger partial charge on any atom is 0.457 e. The van der Waals surface area contributed by atoms with E-state index < -0.39 is 18.1 Å². The molecule has 0 aromatic heterocycles. The smallest absolute Gasteiger partial charge is 0.349 e. The predicted octanol–water partition coefficient (Wildman–Crippen LogP) is 1.45. The first-order valence-corrected chi connectivity index (χ1v) is 2.97. The molecule has 1 unspecified atom stereocenters. The summed E-state index contributed by atoms with van der Waals surface area (Å²) in [5, 5.41) is 8.50. The quantitative estimate of drug-likeness (QED) is 0.413. The van der Waals surface area contributed by atoms with E-state index in [4.69, 9.17) is 5.11 Å². The minimum atomic E-state index is -5.42. The molecule has 0 heterocycles. The molecule has 0 spiro atoms. The lowest BCUT2D eigenvalue weighted by molar-refractivity contribution is -0.327. The molecule has 0 aromatic carbocycles. The molecular formula is C6H4F6O2. The molecule has 0 aromatic rings. The summed E-state index contributed by atoms with van der Waals surface area (Å²) in [6.07, 6.45) is -10.5. The third-order valence-electron chi connectivity index (χ3n) is 1.05. The van der Waals surface area contributed by atoms with Crippen LogP contribution in [0, 0.1) is 11.8 Å². The topological polar surface area (TPSA) is 29.5 Å². The molecule has 0 bridgehead atoms. The molecule has 2 nitrogen and oxygen atoms in total. The Morgan fingerprint density at radius 3 is 1.64 bits per heavy atom. The van der Waals surface area contributed by atoms with Crippen molar-refractivity contribution in [3.8, 4) is 11.8 Å². The van der Waals surface area contributed by atoms with E-state index in [0.717, 1.165) is 0 Å². The van der Waals surface area contributed by atoms with Crippen molar-refractivity contribution in [2.45, 2.75) is 18.1 Å². The Kier molecular flexibility index (Phi) is 3.42. The first-order chi connectivity index (χ1) is 6.02. The summed E-state index contributed by atoms with van der Waals surface area (Å²) in [5.41, 5.74) is 0. The van der Waals surface area contributed by atoms with Crippen molar-refractivity contribution in [1.82, 2.24) is 0 Å². The molecule has 14 heavy (non-hydrogen) atoms. The van der Waals surface area contributed by atoms with Gasteiger partial charge in [0.1, 0.15) is 0 Å². The Bertz CT molecular complexity index is 256. The van der Waals surface area contributed by atoms with Crippen molar-refractivity contribution in [2.75, 3.05) is 7.11 Å². The second kappa shape index (κ2) is 3.67. The van der Waals surface area contributed by atoms with E-state index in [0.29, 0.717) is 13.0 Å². The van der Waals surface area contributed by atoms with Gasteiger partial charge in [0.15, 0.2) is 0 Å². The van der Waals surface area contributed by atoms with Gasteiger partial charge in [0.05, 0.1) is 0 Å². The lowest BCUT2D eigenvalue weighted by atomic mass is 10.2. The maximum atomic E-state index is 11.8. The summed E-state index contributed by atoms with van der Waals surface area (Å²) in [4.78, 5) is 0. The average molecular weight is 222 g/mol. The summed E-state index contributed by atoms with van der Waals surface area (Å²) in [6, 6.07) is 0. The van der Waals surface area contributed by atoms with Gasteiger partial charge < -0.3 is 9.84 Å². The Balaban J connectivity index is 4.98. The molecule has 0 aliphatic carbocycles. The zero-order valence-electron chi connectivity index (χ0n) is 6.62. The summed E-state index contributed by atoms with van der Waals surface area (Å²) >= 11 is 0. The Hall–Kier alpha value is -0.940. The van der Waals surface area contributed by atoms with E-state index in [1.807, 2.05) is 0 Å². The van der Waals surface area contributed by atoms with Crippen LogP contribution in [0.25, 0.3) is 0 Å². The van der Waals surface area contributed by atoms with Crippen LogP contribution in [0.15, 0.2) is 0 Å². The first kappa shape index (κ1) is 13.1. The fourth-order valence-corrected chi connectivity index (χ4v) is 0.393. The van der Waals surface area contributed by atoms with E-state index in [-0.39, 0.29) is 5.92 Å². The van der Waals surface area contributed by atoms with Gasteiger partial charge >= 0.3 is 18.1 Å². The molecule has 0 saturated heterocycles. The molecule has 0 fully saturated rings. The van der Waals surface area contributed by atoms with Gasteiger partial charge in [-0.2, -0.15) is 26.3 Å². The van der Waals surface area contributed by atoms with Crippen LogP contribution >= 0.6 is 0 Å².